The molecule has 0 atom stereocenters. The van der Waals surface area contributed by atoms with Crippen LogP contribution >= 0.6 is 0 Å². The van der Waals surface area contributed by atoms with Crippen molar-refractivity contribution in [1.82, 2.24) is 9.38 Å². The molecule has 6 aromatic rings. The normalized spacial score (nSPS) is 16.2. The predicted molar refractivity (Wildman–Crippen MR) is 132 cm³/mol. The van der Waals surface area contributed by atoms with E-state index in [9.17, 15) is 0 Å². The Morgan fingerprint density at radius 1 is 0.812 bits per heavy atom. The summed E-state index contributed by atoms with van der Waals surface area (Å²) < 4.78 is 14.4. The number of imidazole rings is 1. The van der Waals surface area contributed by atoms with E-state index in [1.165, 1.54) is 21.5 Å². The predicted octanol–water partition coefficient (Wildman–Crippen LogP) is 5.47. The molecule has 0 saturated carbocycles. The number of benzene rings is 4. The molecule has 0 unspecified atom stereocenters. The molecule has 5 heteroatoms. The fourth-order valence-electron chi connectivity index (χ4n) is 5.01. The zero-order valence-electron chi connectivity index (χ0n) is 18.0. The number of hydrogen-bond donors (Lipinski definition) is 0. The first kappa shape index (κ1) is 18.2. The molecule has 0 amide bonds. The minimum atomic E-state index is -0.347. The third-order valence-corrected chi connectivity index (χ3v) is 6.52. The molecule has 2 aromatic heterocycles. The Hall–Kier alpha value is -3.41. The van der Waals surface area contributed by atoms with Gasteiger partial charge in [0, 0.05) is 10.8 Å². The van der Waals surface area contributed by atoms with Crippen LogP contribution in [0.3, 0.4) is 0 Å². The van der Waals surface area contributed by atoms with Gasteiger partial charge in [-0.25, -0.2) is 4.98 Å². The molecule has 4 aromatic carbocycles. The lowest BCUT2D eigenvalue weighted by atomic mass is 9.78. The molecule has 1 aliphatic rings. The molecule has 0 N–H and O–H groups in total. The smallest absolute Gasteiger partial charge is 0.404 e. The van der Waals surface area contributed by atoms with Crippen LogP contribution in [0.2, 0.25) is 0 Å². The van der Waals surface area contributed by atoms with E-state index in [0.717, 1.165) is 33.0 Å². The monoisotopic (exact) mass is 416 g/mol. The van der Waals surface area contributed by atoms with Gasteiger partial charge in [0.1, 0.15) is 5.65 Å². The summed E-state index contributed by atoms with van der Waals surface area (Å²) in [7, 11) is -0.347. The van der Waals surface area contributed by atoms with Crippen molar-refractivity contribution in [2.24, 2.45) is 0 Å². The minimum absolute atomic E-state index is 0.275. The van der Waals surface area contributed by atoms with Crippen LogP contribution < -0.4 is 5.46 Å². The van der Waals surface area contributed by atoms with Crippen LogP contribution in [-0.4, -0.2) is 28.7 Å². The van der Waals surface area contributed by atoms with Crippen LogP contribution in [0.15, 0.2) is 78.9 Å². The molecule has 0 aliphatic carbocycles. The van der Waals surface area contributed by atoms with E-state index < -0.39 is 0 Å². The standard InChI is InChI=1S/C27H21BN2O2/c1-27(2)16-31-28(32-27)19-11-12-24-21(15-19)20-13-17-7-3-4-8-18(17)14-22(20)26-29-23-9-5-6-10-25(23)30(24)26/h3-15H,16H2,1-2H3. The van der Waals surface area contributed by atoms with Crippen molar-refractivity contribution >= 4 is 61.7 Å². The lowest BCUT2D eigenvalue weighted by molar-refractivity contribution is 0.137. The maximum atomic E-state index is 6.17. The van der Waals surface area contributed by atoms with Crippen LogP contribution in [0, 0.1) is 0 Å². The highest BCUT2D eigenvalue weighted by molar-refractivity contribution is 6.62. The second-order valence-electron chi connectivity index (χ2n) is 9.30. The molecule has 1 aliphatic heterocycles. The van der Waals surface area contributed by atoms with Gasteiger partial charge in [-0.05, 0) is 65.8 Å². The Balaban J connectivity index is 1.64. The number of para-hydroxylation sites is 2. The largest absolute Gasteiger partial charge is 0.494 e. The Bertz CT molecular complexity index is 1700. The van der Waals surface area contributed by atoms with Gasteiger partial charge >= 0.3 is 7.12 Å². The molecule has 0 bridgehead atoms. The number of pyridine rings is 1. The maximum Gasteiger partial charge on any atom is 0.494 e. The Morgan fingerprint density at radius 2 is 1.56 bits per heavy atom. The second-order valence-corrected chi connectivity index (χ2v) is 9.30. The quantitative estimate of drug-likeness (QED) is 0.203. The summed E-state index contributed by atoms with van der Waals surface area (Å²) in [6.45, 7) is 4.72. The van der Waals surface area contributed by atoms with Crippen molar-refractivity contribution in [1.29, 1.82) is 0 Å². The summed E-state index contributed by atoms with van der Waals surface area (Å²) in [6, 6.07) is 27.9. The summed E-state index contributed by atoms with van der Waals surface area (Å²) in [4.78, 5) is 5.03. The molecule has 7 rings (SSSR count). The van der Waals surface area contributed by atoms with Gasteiger partial charge < -0.3 is 9.31 Å². The van der Waals surface area contributed by atoms with Crippen molar-refractivity contribution < 1.29 is 9.31 Å². The fourth-order valence-corrected chi connectivity index (χ4v) is 5.01. The van der Waals surface area contributed by atoms with Gasteiger partial charge in [-0.3, -0.25) is 4.40 Å². The Morgan fingerprint density at radius 3 is 2.34 bits per heavy atom. The van der Waals surface area contributed by atoms with Crippen molar-refractivity contribution in [3.63, 3.8) is 0 Å². The lowest BCUT2D eigenvalue weighted by Gasteiger charge is -2.16. The van der Waals surface area contributed by atoms with Gasteiger partial charge in [0.25, 0.3) is 0 Å². The number of hydrogen-bond acceptors (Lipinski definition) is 3. The highest BCUT2D eigenvalue weighted by Gasteiger charge is 2.38. The van der Waals surface area contributed by atoms with Crippen LogP contribution in [0.4, 0.5) is 0 Å². The van der Waals surface area contributed by atoms with E-state index in [1.54, 1.807) is 0 Å². The number of aromatic nitrogens is 2. The molecule has 1 fully saturated rings. The van der Waals surface area contributed by atoms with Crippen molar-refractivity contribution in [2.75, 3.05) is 6.61 Å². The van der Waals surface area contributed by atoms with Crippen molar-refractivity contribution in [2.45, 2.75) is 19.4 Å². The van der Waals surface area contributed by atoms with E-state index in [0.29, 0.717) is 6.61 Å². The van der Waals surface area contributed by atoms with Gasteiger partial charge in [-0.1, -0.05) is 48.5 Å². The molecule has 32 heavy (non-hydrogen) atoms. The van der Waals surface area contributed by atoms with E-state index in [2.05, 4.69) is 91.0 Å². The average Bonchev–Trinajstić information content (AvgIpc) is 3.38. The first-order valence-corrected chi connectivity index (χ1v) is 11.0. The van der Waals surface area contributed by atoms with Gasteiger partial charge in [-0.2, -0.15) is 0 Å². The van der Waals surface area contributed by atoms with E-state index in [-0.39, 0.29) is 12.7 Å². The zero-order chi connectivity index (χ0) is 21.4. The molecule has 1 saturated heterocycles. The summed E-state index contributed by atoms with van der Waals surface area (Å²) in [6.07, 6.45) is 0. The topological polar surface area (TPSA) is 35.8 Å². The molecular formula is C27H21BN2O2. The number of fused-ring (bicyclic) bond motifs is 9. The van der Waals surface area contributed by atoms with Gasteiger partial charge in [0.15, 0.2) is 0 Å². The fraction of sp³-hybridized carbons (Fsp3) is 0.148. The zero-order valence-corrected chi connectivity index (χ0v) is 18.0. The molecule has 4 nitrogen and oxygen atoms in total. The van der Waals surface area contributed by atoms with Gasteiger partial charge in [-0.15, -0.1) is 0 Å². The first-order chi connectivity index (χ1) is 15.6. The summed E-state index contributed by atoms with van der Waals surface area (Å²) in [5.41, 5.74) is 5.01. The molecule has 0 spiro atoms. The van der Waals surface area contributed by atoms with Gasteiger partial charge in [0.05, 0.1) is 28.8 Å². The third-order valence-electron chi connectivity index (χ3n) is 6.52. The first-order valence-electron chi connectivity index (χ1n) is 11.0. The van der Waals surface area contributed by atoms with Crippen molar-refractivity contribution in [3.8, 4) is 0 Å². The molecule has 0 radical (unpaired) electrons. The maximum absolute atomic E-state index is 6.17. The minimum Gasteiger partial charge on any atom is -0.404 e. The van der Waals surface area contributed by atoms with E-state index in [1.807, 2.05) is 6.07 Å². The highest BCUT2D eigenvalue weighted by atomic mass is 16.7. The highest BCUT2D eigenvalue weighted by Crippen LogP contribution is 2.34. The number of nitrogens with zero attached hydrogens (tertiary/aromatic N) is 2. The van der Waals surface area contributed by atoms with Crippen LogP contribution in [0.5, 0.6) is 0 Å². The SMILES string of the molecule is CC1(C)COB(c2ccc3c(c2)c2cc4ccccc4cc2c2nc4ccccc4n32)O1. The molecule has 154 valence electrons. The van der Waals surface area contributed by atoms with E-state index >= 15 is 0 Å². The third kappa shape index (κ3) is 2.55. The molecular weight excluding hydrogens is 395 g/mol. The second kappa shape index (κ2) is 6.31. The molecule has 3 heterocycles. The van der Waals surface area contributed by atoms with Crippen LogP contribution in [0.25, 0.3) is 49.1 Å². The lowest BCUT2D eigenvalue weighted by Crippen LogP contribution is -2.34. The Labute approximate surface area is 185 Å². The summed E-state index contributed by atoms with van der Waals surface area (Å²) in [5, 5.41) is 5.96. The Kier molecular flexibility index (Phi) is 3.59. The van der Waals surface area contributed by atoms with Crippen molar-refractivity contribution in [3.05, 3.63) is 78.9 Å². The van der Waals surface area contributed by atoms with Crippen LogP contribution in [0.1, 0.15) is 13.8 Å². The summed E-state index contributed by atoms with van der Waals surface area (Å²) in [5.74, 6) is 0. The van der Waals surface area contributed by atoms with Crippen LogP contribution in [-0.2, 0) is 9.31 Å². The van der Waals surface area contributed by atoms with Gasteiger partial charge in [0.2, 0.25) is 0 Å². The summed E-state index contributed by atoms with van der Waals surface area (Å²) >= 11 is 0. The number of rotatable bonds is 1. The average molecular weight is 416 g/mol. The van der Waals surface area contributed by atoms with E-state index in [4.69, 9.17) is 14.3 Å².